The number of benzene rings is 4. The average Bonchev–Trinajstić information content (AvgIpc) is 2.93. The Morgan fingerprint density at radius 3 is 2.27 bits per heavy atom. The molecule has 0 fully saturated rings. The molecule has 1 N–H and O–H groups in total. The Labute approximate surface area is 246 Å². The number of carbonyl (C=O) groups excluding carboxylic acids is 1. The first-order valence-electron chi connectivity index (χ1n) is 11.9. The SMILES string of the molecule is COc1ccc(Cl)cc1N(CC(=O)Nc1cc(Cl)ccc1Oc1ccccc1)S(=O)(=O)c1ccc(C)c([N+](=O)[O-])c1. The summed E-state index contributed by atoms with van der Waals surface area (Å²) in [4.78, 5) is 23.9. The summed E-state index contributed by atoms with van der Waals surface area (Å²) >= 11 is 12.4. The maximum absolute atomic E-state index is 13.9. The molecule has 0 atom stereocenters. The van der Waals surface area contributed by atoms with Gasteiger partial charge in [-0.15, -0.1) is 0 Å². The highest BCUT2D eigenvalue weighted by atomic mass is 35.5. The molecule has 0 aromatic heterocycles. The molecule has 0 unspecified atom stereocenters. The van der Waals surface area contributed by atoms with Crippen molar-refractivity contribution in [3.63, 3.8) is 0 Å². The molecule has 0 radical (unpaired) electrons. The molecule has 1 amide bonds. The van der Waals surface area contributed by atoms with Crippen molar-refractivity contribution in [2.24, 2.45) is 0 Å². The first-order chi connectivity index (χ1) is 19.5. The van der Waals surface area contributed by atoms with Gasteiger partial charge in [-0.05, 0) is 61.5 Å². The number of nitro groups is 1. The van der Waals surface area contributed by atoms with Crippen LogP contribution in [0, 0.1) is 17.0 Å². The van der Waals surface area contributed by atoms with E-state index in [1.165, 1.54) is 50.4 Å². The highest BCUT2D eigenvalue weighted by molar-refractivity contribution is 7.92. The monoisotopic (exact) mass is 615 g/mol. The fourth-order valence-electron chi connectivity index (χ4n) is 3.86. The largest absolute Gasteiger partial charge is 0.495 e. The van der Waals surface area contributed by atoms with E-state index in [0.29, 0.717) is 10.8 Å². The van der Waals surface area contributed by atoms with Crippen molar-refractivity contribution in [1.82, 2.24) is 0 Å². The van der Waals surface area contributed by atoms with E-state index in [0.717, 1.165) is 10.4 Å². The number of para-hydroxylation sites is 1. The second kappa shape index (κ2) is 12.5. The minimum Gasteiger partial charge on any atom is -0.495 e. The summed E-state index contributed by atoms with van der Waals surface area (Å²) in [7, 11) is -3.23. The second-order valence-corrected chi connectivity index (χ2v) is 11.4. The van der Waals surface area contributed by atoms with E-state index in [-0.39, 0.29) is 33.5 Å². The maximum Gasteiger partial charge on any atom is 0.273 e. The third-order valence-corrected chi connectivity index (χ3v) is 8.07. The Morgan fingerprint density at radius 2 is 1.61 bits per heavy atom. The van der Waals surface area contributed by atoms with Crippen molar-refractivity contribution in [2.75, 3.05) is 23.3 Å². The standard InChI is InChI=1S/C28H23Cl2N3O7S/c1-18-8-11-22(16-24(18)33(35)36)41(37,38)32(25-15-20(30)10-13-27(25)39-2)17-28(34)31-23-14-19(29)9-12-26(23)40-21-6-4-3-5-7-21/h3-16H,17H2,1-2H3,(H,31,34). The molecule has 0 saturated carbocycles. The van der Waals surface area contributed by atoms with Crippen molar-refractivity contribution < 1.29 is 27.6 Å². The van der Waals surface area contributed by atoms with Gasteiger partial charge in [0, 0.05) is 21.7 Å². The van der Waals surface area contributed by atoms with Crippen molar-refractivity contribution in [2.45, 2.75) is 11.8 Å². The van der Waals surface area contributed by atoms with Gasteiger partial charge in [-0.1, -0.05) is 47.5 Å². The molecule has 10 nitrogen and oxygen atoms in total. The van der Waals surface area contributed by atoms with Gasteiger partial charge in [0.25, 0.3) is 15.7 Å². The van der Waals surface area contributed by atoms with Crippen LogP contribution in [0.1, 0.15) is 5.56 Å². The molecule has 4 aromatic carbocycles. The molecule has 4 aromatic rings. The van der Waals surface area contributed by atoms with Crippen molar-refractivity contribution >= 4 is 56.2 Å². The zero-order chi connectivity index (χ0) is 29.7. The number of methoxy groups -OCH3 is 1. The first kappa shape index (κ1) is 29.7. The van der Waals surface area contributed by atoms with Crippen LogP contribution in [0.4, 0.5) is 17.1 Å². The van der Waals surface area contributed by atoms with Gasteiger partial charge in [0.15, 0.2) is 5.75 Å². The normalized spacial score (nSPS) is 11.0. The molecule has 13 heteroatoms. The molecule has 41 heavy (non-hydrogen) atoms. The first-order valence-corrected chi connectivity index (χ1v) is 14.1. The van der Waals surface area contributed by atoms with Crippen LogP contribution in [0.15, 0.2) is 89.8 Å². The quantitative estimate of drug-likeness (QED) is 0.153. The van der Waals surface area contributed by atoms with E-state index in [2.05, 4.69) is 5.32 Å². The lowest BCUT2D eigenvalue weighted by atomic mass is 10.2. The second-order valence-electron chi connectivity index (χ2n) is 8.64. The van der Waals surface area contributed by atoms with Crippen LogP contribution in [-0.2, 0) is 14.8 Å². The molecule has 212 valence electrons. The van der Waals surface area contributed by atoms with Gasteiger partial charge >= 0.3 is 0 Å². The lowest BCUT2D eigenvalue weighted by Gasteiger charge is -2.26. The lowest BCUT2D eigenvalue weighted by Crippen LogP contribution is -2.38. The highest BCUT2D eigenvalue weighted by Crippen LogP contribution is 2.37. The fourth-order valence-corrected chi connectivity index (χ4v) is 5.64. The number of sulfonamides is 1. The van der Waals surface area contributed by atoms with Crippen LogP contribution in [0.5, 0.6) is 17.2 Å². The third kappa shape index (κ3) is 6.88. The van der Waals surface area contributed by atoms with Crippen LogP contribution in [-0.4, -0.2) is 32.9 Å². The Morgan fingerprint density at radius 1 is 0.951 bits per heavy atom. The Hall–Kier alpha value is -4.32. The van der Waals surface area contributed by atoms with Crippen LogP contribution in [0.2, 0.25) is 10.0 Å². The fraction of sp³-hybridized carbons (Fsp3) is 0.107. The Bertz CT molecular complexity index is 1720. The topological polar surface area (TPSA) is 128 Å². The van der Waals surface area contributed by atoms with E-state index in [4.69, 9.17) is 32.7 Å². The van der Waals surface area contributed by atoms with Crippen molar-refractivity contribution in [3.8, 4) is 17.2 Å². The number of nitrogens with one attached hydrogen (secondary N) is 1. The predicted octanol–water partition coefficient (Wildman–Crippen LogP) is 6.84. The van der Waals surface area contributed by atoms with E-state index < -0.39 is 38.0 Å². The molecular weight excluding hydrogens is 593 g/mol. The lowest BCUT2D eigenvalue weighted by molar-refractivity contribution is -0.385. The van der Waals surface area contributed by atoms with Crippen LogP contribution in [0.3, 0.4) is 0 Å². The Balaban J connectivity index is 1.74. The van der Waals surface area contributed by atoms with Gasteiger partial charge in [0.05, 0.1) is 28.3 Å². The number of nitro benzene ring substituents is 1. The number of ether oxygens (including phenoxy) is 2. The van der Waals surface area contributed by atoms with Gasteiger partial charge in [-0.2, -0.15) is 0 Å². The minimum absolute atomic E-state index is 0.0507. The molecule has 0 bridgehead atoms. The van der Waals surface area contributed by atoms with E-state index in [9.17, 15) is 23.3 Å². The number of hydrogen-bond acceptors (Lipinski definition) is 7. The predicted molar refractivity (Wildman–Crippen MR) is 157 cm³/mol. The summed E-state index contributed by atoms with van der Waals surface area (Å²) in [5.41, 5.74) is 0.0126. The molecule has 0 spiro atoms. The molecule has 0 saturated heterocycles. The van der Waals surface area contributed by atoms with Gasteiger partial charge in [0.1, 0.15) is 18.0 Å². The van der Waals surface area contributed by atoms with E-state index in [1.807, 2.05) is 6.07 Å². The minimum atomic E-state index is -4.56. The number of nitrogens with zero attached hydrogens (tertiary/aromatic N) is 2. The number of carbonyl (C=O) groups is 1. The molecule has 0 aliphatic heterocycles. The third-order valence-electron chi connectivity index (χ3n) is 5.85. The summed E-state index contributed by atoms with van der Waals surface area (Å²) in [5.74, 6) is 0.0950. The zero-order valence-corrected chi connectivity index (χ0v) is 24.0. The average molecular weight is 616 g/mol. The van der Waals surface area contributed by atoms with E-state index >= 15 is 0 Å². The van der Waals surface area contributed by atoms with Crippen molar-refractivity contribution in [1.29, 1.82) is 0 Å². The summed E-state index contributed by atoms with van der Waals surface area (Å²) in [6.07, 6.45) is 0. The Kier molecular flexibility index (Phi) is 9.01. The summed E-state index contributed by atoms with van der Waals surface area (Å²) < 4.78 is 39.9. The molecule has 0 heterocycles. The van der Waals surface area contributed by atoms with Crippen LogP contribution < -0.4 is 19.1 Å². The van der Waals surface area contributed by atoms with Crippen molar-refractivity contribution in [3.05, 3.63) is 111 Å². The smallest absolute Gasteiger partial charge is 0.273 e. The summed E-state index contributed by atoms with van der Waals surface area (Å²) in [6, 6.07) is 21.1. The highest BCUT2D eigenvalue weighted by Gasteiger charge is 2.31. The number of amides is 1. The van der Waals surface area contributed by atoms with Crippen LogP contribution in [0.25, 0.3) is 0 Å². The van der Waals surface area contributed by atoms with Gasteiger partial charge in [-0.3, -0.25) is 19.2 Å². The number of aryl methyl sites for hydroxylation is 1. The van der Waals surface area contributed by atoms with Gasteiger partial charge < -0.3 is 14.8 Å². The molecule has 0 aliphatic rings. The molecule has 0 aliphatic carbocycles. The van der Waals surface area contributed by atoms with Crippen LogP contribution >= 0.6 is 23.2 Å². The van der Waals surface area contributed by atoms with E-state index in [1.54, 1.807) is 36.4 Å². The molecular formula is C28H23Cl2N3O7S. The number of anilines is 2. The maximum atomic E-state index is 13.9. The van der Waals surface area contributed by atoms with Gasteiger partial charge in [0.2, 0.25) is 5.91 Å². The number of halogens is 2. The number of hydrogen-bond donors (Lipinski definition) is 1. The zero-order valence-electron chi connectivity index (χ0n) is 21.7. The van der Waals surface area contributed by atoms with Gasteiger partial charge in [-0.25, -0.2) is 8.42 Å². The molecule has 4 rings (SSSR count). The summed E-state index contributed by atoms with van der Waals surface area (Å²) in [5, 5.41) is 14.7. The number of rotatable bonds is 10. The summed E-state index contributed by atoms with van der Waals surface area (Å²) in [6.45, 7) is 0.734.